The molecule has 1 fully saturated rings. The SMILES string of the molecule is Cc1ccc(NC(=O)NC(c2ccc(C(=O)NCCC(=O)O)cc2)c2ccc(C3CCCCC3)cc2)cc1S(C)(=O)=O. The second kappa shape index (κ2) is 13.7. The van der Waals surface area contributed by atoms with Crippen molar-refractivity contribution in [3.8, 4) is 0 Å². The first-order chi connectivity index (χ1) is 20.0. The number of amides is 3. The molecule has 42 heavy (non-hydrogen) atoms. The Morgan fingerprint density at radius 3 is 2.12 bits per heavy atom. The molecule has 0 aliphatic heterocycles. The number of carbonyl (C=O) groups excluding carboxylic acids is 2. The molecule has 0 heterocycles. The van der Waals surface area contributed by atoms with Gasteiger partial charge in [0.2, 0.25) is 0 Å². The second-order valence-corrected chi connectivity index (χ2v) is 12.8. The summed E-state index contributed by atoms with van der Waals surface area (Å²) in [7, 11) is -3.47. The molecule has 0 bridgehead atoms. The Kier molecular flexibility index (Phi) is 10.0. The van der Waals surface area contributed by atoms with Gasteiger partial charge in [-0.2, -0.15) is 0 Å². The monoisotopic (exact) mass is 591 g/mol. The maximum Gasteiger partial charge on any atom is 0.319 e. The van der Waals surface area contributed by atoms with E-state index in [2.05, 4.69) is 28.1 Å². The summed E-state index contributed by atoms with van der Waals surface area (Å²) in [6.07, 6.45) is 7.03. The Morgan fingerprint density at radius 1 is 0.905 bits per heavy atom. The second-order valence-electron chi connectivity index (χ2n) is 10.8. The number of aliphatic carboxylic acids is 1. The van der Waals surface area contributed by atoms with Gasteiger partial charge in [0.1, 0.15) is 0 Å². The molecular weight excluding hydrogens is 554 g/mol. The number of carboxylic acids is 1. The van der Waals surface area contributed by atoms with Crippen molar-refractivity contribution < 1.29 is 27.9 Å². The zero-order chi connectivity index (χ0) is 30.3. The van der Waals surface area contributed by atoms with Crippen LogP contribution in [0.15, 0.2) is 71.6 Å². The summed E-state index contributed by atoms with van der Waals surface area (Å²) in [4.78, 5) is 36.5. The molecule has 3 aromatic carbocycles. The minimum Gasteiger partial charge on any atom is -0.481 e. The number of benzene rings is 3. The fourth-order valence-corrected chi connectivity index (χ4v) is 6.34. The first-order valence-electron chi connectivity index (χ1n) is 14.1. The van der Waals surface area contributed by atoms with Crippen molar-refractivity contribution in [1.29, 1.82) is 0 Å². The normalized spacial score (nSPS) is 14.5. The lowest BCUT2D eigenvalue weighted by molar-refractivity contribution is -0.136. The number of nitrogens with one attached hydrogen (secondary N) is 3. The number of hydrogen-bond acceptors (Lipinski definition) is 5. The van der Waals surface area contributed by atoms with E-state index in [-0.39, 0.29) is 23.8 Å². The number of aryl methyl sites for hydroxylation is 1. The van der Waals surface area contributed by atoms with Crippen molar-refractivity contribution in [2.75, 3.05) is 18.1 Å². The highest BCUT2D eigenvalue weighted by Crippen LogP contribution is 2.33. The summed E-state index contributed by atoms with van der Waals surface area (Å²) in [6, 6.07) is 18.7. The molecule has 0 radical (unpaired) electrons. The van der Waals surface area contributed by atoms with Gasteiger partial charge in [-0.05, 0) is 72.2 Å². The lowest BCUT2D eigenvalue weighted by Crippen LogP contribution is -2.33. The minimum absolute atomic E-state index is 0.0215. The molecule has 0 spiro atoms. The fourth-order valence-electron chi connectivity index (χ4n) is 5.34. The van der Waals surface area contributed by atoms with Gasteiger partial charge in [-0.3, -0.25) is 9.59 Å². The average Bonchev–Trinajstić information content (AvgIpc) is 2.97. The van der Waals surface area contributed by atoms with Crippen molar-refractivity contribution in [2.45, 2.75) is 62.3 Å². The van der Waals surface area contributed by atoms with Crippen LogP contribution >= 0.6 is 0 Å². The van der Waals surface area contributed by atoms with E-state index in [9.17, 15) is 22.8 Å². The number of carbonyl (C=O) groups is 3. The largest absolute Gasteiger partial charge is 0.481 e. The van der Waals surface area contributed by atoms with Crippen molar-refractivity contribution >= 4 is 33.4 Å². The van der Waals surface area contributed by atoms with E-state index >= 15 is 0 Å². The van der Waals surface area contributed by atoms with Crippen LogP contribution in [0.5, 0.6) is 0 Å². The molecule has 10 heteroatoms. The van der Waals surface area contributed by atoms with Gasteiger partial charge in [-0.25, -0.2) is 13.2 Å². The summed E-state index contributed by atoms with van der Waals surface area (Å²) in [5.41, 5.74) is 4.17. The van der Waals surface area contributed by atoms with Crippen LogP contribution in [0, 0.1) is 6.92 Å². The van der Waals surface area contributed by atoms with Gasteiger partial charge < -0.3 is 21.1 Å². The summed E-state index contributed by atoms with van der Waals surface area (Å²) in [6.45, 7) is 1.72. The van der Waals surface area contributed by atoms with Crippen molar-refractivity contribution in [3.05, 3.63) is 94.5 Å². The molecule has 3 aromatic rings. The van der Waals surface area contributed by atoms with Crippen molar-refractivity contribution in [1.82, 2.24) is 10.6 Å². The van der Waals surface area contributed by atoms with Crippen LogP contribution in [0.3, 0.4) is 0 Å². The highest BCUT2D eigenvalue weighted by Gasteiger charge is 2.21. The van der Waals surface area contributed by atoms with Gasteiger partial charge in [-0.1, -0.05) is 61.7 Å². The van der Waals surface area contributed by atoms with Crippen LogP contribution < -0.4 is 16.0 Å². The maximum absolute atomic E-state index is 13.2. The number of rotatable bonds is 10. The fraction of sp³-hybridized carbons (Fsp3) is 0.344. The Morgan fingerprint density at radius 2 is 1.52 bits per heavy atom. The first-order valence-corrected chi connectivity index (χ1v) is 16.0. The summed E-state index contributed by atoms with van der Waals surface area (Å²) < 4.78 is 24.3. The molecule has 1 saturated carbocycles. The Bertz CT molecular complexity index is 1530. The first kappa shape index (κ1) is 30.8. The van der Waals surface area contributed by atoms with E-state index in [1.165, 1.54) is 43.7 Å². The third kappa shape index (κ3) is 8.19. The third-order valence-electron chi connectivity index (χ3n) is 7.60. The number of sulfone groups is 1. The van der Waals surface area contributed by atoms with Crippen LogP contribution in [0.25, 0.3) is 0 Å². The van der Waals surface area contributed by atoms with Gasteiger partial charge in [0.05, 0.1) is 17.4 Å². The van der Waals surface area contributed by atoms with Gasteiger partial charge >= 0.3 is 12.0 Å². The van der Waals surface area contributed by atoms with Crippen LogP contribution in [0.1, 0.15) is 83.1 Å². The number of carboxylic acid groups (broad SMARTS) is 1. The van der Waals surface area contributed by atoms with Crippen molar-refractivity contribution in [3.63, 3.8) is 0 Å². The highest BCUT2D eigenvalue weighted by atomic mass is 32.2. The predicted octanol–water partition coefficient (Wildman–Crippen LogP) is 5.56. The molecule has 9 nitrogen and oxygen atoms in total. The van der Waals surface area contributed by atoms with Gasteiger partial charge in [0, 0.05) is 24.1 Å². The summed E-state index contributed by atoms with van der Waals surface area (Å²) in [5, 5.41) is 17.1. The minimum atomic E-state index is -3.47. The van der Waals surface area contributed by atoms with E-state index in [0.29, 0.717) is 22.7 Å². The highest BCUT2D eigenvalue weighted by molar-refractivity contribution is 7.90. The Balaban J connectivity index is 1.56. The predicted molar refractivity (Wildman–Crippen MR) is 162 cm³/mol. The smallest absolute Gasteiger partial charge is 0.319 e. The molecule has 1 atom stereocenters. The molecule has 1 unspecified atom stereocenters. The molecule has 4 N–H and O–H groups in total. The number of urea groups is 1. The molecule has 0 saturated heterocycles. The van der Waals surface area contributed by atoms with Crippen LogP contribution in [-0.4, -0.2) is 44.2 Å². The zero-order valence-corrected chi connectivity index (χ0v) is 24.7. The van der Waals surface area contributed by atoms with Crippen LogP contribution in [0.4, 0.5) is 10.5 Å². The van der Waals surface area contributed by atoms with Crippen molar-refractivity contribution in [2.24, 2.45) is 0 Å². The van der Waals surface area contributed by atoms with E-state index < -0.39 is 27.9 Å². The van der Waals surface area contributed by atoms with Crippen LogP contribution in [0.2, 0.25) is 0 Å². The van der Waals surface area contributed by atoms with E-state index in [4.69, 9.17) is 5.11 Å². The topological polar surface area (TPSA) is 142 Å². The summed E-state index contributed by atoms with van der Waals surface area (Å²) in [5.74, 6) is -0.847. The lowest BCUT2D eigenvalue weighted by atomic mass is 9.83. The van der Waals surface area contributed by atoms with Gasteiger partial charge in [0.25, 0.3) is 5.91 Å². The number of anilines is 1. The molecular formula is C32H37N3O6S. The maximum atomic E-state index is 13.2. The third-order valence-corrected chi connectivity index (χ3v) is 8.84. The molecule has 1 aliphatic rings. The standard InChI is InChI=1S/C32H37N3O6S/c1-21-8-17-27(20-28(21)42(2,40)41)34-32(39)35-30(24-11-9-23(10-12-24)22-6-4-3-5-7-22)25-13-15-26(16-14-25)31(38)33-19-18-29(36)37/h8-17,20,22,30H,3-7,18-19H2,1-2H3,(H,33,38)(H,36,37)(H2,34,35,39). The van der Waals surface area contributed by atoms with Crippen LogP contribution in [-0.2, 0) is 14.6 Å². The van der Waals surface area contributed by atoms with E-state index in [0.717, 1.165) is 17.4 Å². The number of hydrogen-bond donors (Lipinski definition) is 4. The van der Waals surface area contributed by atoms with Gasteiger partial charge in [0.15, 0.2) is 9.84 Å². The molecule has 1 aliphatic carbocycles. The average molecular weight is 592 g/mol. The van der Waals surface area contributed by atoms with E-state index in [1.54, 1.807) is 43.3 Å². The van der Waals surface area contributed by atoms with Gasteiger partial charge in [-0.15, -0.1) is 0 Å². The molecule has 0 aromatic heterocycles. The molecule has 3 amide bonds. The Hall–Kier alpha value is -4.18. The summed E-state index contributed by atoms with van der Waals surface area (Å²) >= 11 is 0. The quantitative estimate of drug-likeness (QED) is 0.243. The molecule has 4 rings (SSSR count). The van der Waals surface area contributed by atoms with E-state index in [1.807, 2.05) is 12.1 Å². The lowest BCUT2D eigenvalue weighted by Gasteiger charge is -2.24. The molecule has 222 valence electrons. The Labute approximate surface area is 246 Å². The zero-order valence-electron chi connectivity index (χ0n) is 23.9.